The van der Waals surface area contributed by atoms with E-state index in [0.29, 0.717) is 28.2 Å². The Bertz CT molecular complexity index is 1480. The van der Waals surface area contributed by atoms with Crippen molar-refractivity contribution in [1.82, 2.24) is 19.7 Å². The zero-order valence-electron chi connectivity index (χ0n) is 21.0. The normalized spacial score (nSPS) is 11.7. The van der Waals surface area contributed by atoms with Gasteiger partial charge in [0.1, 0.15) is 5.60 Å². The molecule has 10 nitrogen and oxygen atoms in total. The van der Waals surface area contributed by atoms with Gasteiger partial charge in [-0.3, -0.25) is 9.40 Å². The number of aromatic nitrogens is 4. The maximum atomic E-state index is 13.0. The fraction of sp³-hybridized carbons (Fsp3) is 0.231. The van der Waals surface area contributed by atoms with E-state index in [9.17, 15) is 13.2 Å². The number of benzene rings is 2. The Kier molecular flexibility index (Phi) is 7.25. The minimum Gasteiger partial charge on any atom is -0.443 e. The molecule has 0 aliphatic heterocycles. The van der Waals surface area contributed by atoms with E-state index in [-0.39, 0.29) is 11.7 Å². The first kappa shape index (κ1) is 25.8. The van der Waals surface area contributed by atoms with E-state index in [1.54, 1.807) is 99.5 Å². The van der Waals surface area contributed by atoms with Crippen LogP contribution in [0.5, 0.6) is 0 Å². The summed E-state index contributed by atoms with van der Waals surface area (Å²) >= 11 is 0. The molecule has 2 aromatic carbocycles. The van der Waals surface area contributed by atoms with Crippen LogP contribution in [-0.2, 0) is 27.6 Å². The van der Waals surface area contributed by atoms with Gasteiger partial charge < -0.3 is 4.74 Å². The SMILES string of the molecule is Cn1cc(N(C(=O)OC(C)(C)C)c2nccc(-c3ccc(NS(=O)(=O)Cc4ccccc4)cc3)n2)cn1. The van der Waals surface area contributed by atoms with Gasteiger partial charge in [0.05, 0.1) is 23.3 Å². The van der Waals surface area contributed by atoms with Crippen molar-refractivity contribution in [1.29, 1.82) is 0 Å². The van der Waals surface area contributed by atoms with E-state index in [1.807, 2.05) is 6.07 Å². The number of hydrogen-bond acceptors (Lipinski definition) is 7. The Morgan fingerprint density at radius 3 is 2.38 bits per heavy atom. The molecular weight excluding hydrogens is 492 g/mol. The predicted molar refractivity (Wildman–Crippen MR) is 142 cm³/mol. The highest BCUT2D eigenvalue weighted by molar-refractivity contribution is 7.91. The average molecular weight is 521 g/mol. The second-order valence-electron chi connectivity index (χ2n) is 9.35. The van der Waals surface area contributed by atoms with Crippen LogP contribution in [0.1, 0.15) is 26.3 Å². The zero-order valence-corrected chi connectivity index (χ0v) is 21.8. The Labute approximate surface area is 216 Å². The first-order valence-corrected chi connectivity index (χ1v) is 13.1. The summed E-state index contributed by atoms with van der Waals surface area (Å²) in [5.41, 5.74) is 2.12. The molecule has 0 atom stereocenters. The summed E-state index contributed by atoms with van der Waals surface area (Å²) in [6.07, 6.45) is 4.09. The summed E-state index contributed by atoms with van der Waals surface area (Å²) in [5, 5.41) is 4.14. The number of nitrogens with one attached hydrogen (secondary N) is 1. The van der Waals surface area contributed by atoms with Crippen molar-refractivity contribution in [2.45, 2.75) is 32.1 Å². The molecule has 0 aliphatic rings. The van der Waals surface area contributed by atoms with Crippen LogP contribution in [-0.4, -0.2) is 39.9 Å². The van der Waals surface area contributed by atoms with Gasteiger partial charge in [0.25, 0.3) is 0 Å². The molecule has 0 saturated carbocycles. The summed E-state index contributed by atoms with van der Waals surface area (Å²) in [4.78, 5) is 23.2. The second kappa shape index (κ2) is 10.4. The Morgan fingerprint density at radius 2 is 1.76 bits per heavy atom. The molecule has 0 fully saturated rings. The van der Waals surface area contributed by atoms with E-state index in [4.69, 9.17) is 4.74 Å². The fourth-order valence-electron chi connectivity index (χ4n) is 3.47. The molecule has 2 aromatic heterocycles. The van der Waals surface area contributed by atoms with Crippen molar-refractivity contribution in [3.63, 3.8) is 0 Å². The van der Waals surface area contributed by atoms with Crippen molar-refractivity contribution in [2.24, 2.45) is 7.05 Å². The van der Waals surface area contributed by atoms with Gasteiger partial charge in [-0.1, -0.05) is 42.5 Å². The van der Waals surface area contributed by atoms with Crippen LogP contribution in [0, 0.1) is 0 Å². The first-order valence-electron chi connectivity index (χ1n) is 11.5. The van der Waals surface area contributed by atoms with Crippen molar-refractivity contribution < 1.29 is 17.9 Å². The molecule has 37 heavy (non-hydrogen) atoms. The molecule has 0 bridgehead atoms. The molecule has 0 aliphatic carbocycles. The minimum atomic E-state index is -3.58. The molecule has 192 valence electrons. The second-order valence-corrected chi connectivity index (χ2v) is 11.1. The lowest BCUT2D eigenvalue weighted by Gasteiger charge is -2.25. The smallest absolute Gasteiger partial charge is 0.422 e. The number of carbonyl (C=O) groups excluding carboxylic acids is 1. The van der Waals surface area contributed by atoms with Crippen LogP contribution >= 0.6 is 0 Å². The topological polar surface area (TPSA) is 119 Å². The van der Waals surface area contributed by atoms with Crippen LogP contribution < -0.4 is 9.62 Å². The van der Waals surface area contributed by atoms with E-state index < -0.39 is 21.7 Å². The molecule has 11 heteroatoms. The van der Waals surface area contributed by atoms with Gasteiger partial charge in [-0.2, -0.15) is 5.10 Å². The third-order valence-corrected chi connectivity index (χ3v) is 6.28. The van der Waals surface area contributed by atoms with Crippen LogP contribution in [0.4, 0.5) is 22.1 Å². The van der Waals surface area contributed by atoms with Gasteiger partial charge in [0.15, 0.2) is 0 Å². The summed E-state index contributed by atoms with van der Waals surface area (Å²) in [6, 6.07) is 17.5. The number of sulfonamides is 1. The highest BCUT2D eigenvalue weighted by Gasteiger charge is 2.28. The molecule has 0 spiro atoms. The number of anilines is 3. The average Bonchev–Trinajstić information content (AvgIpc) is 3.24. The number of rotatable bonds is 7. The van der Waals surface area contributed by atoms with Gasteiger partial charge in [0.2, 0.25) is 16.0 Å². The molecule has 0 radical (unpaired) electrons. The van der Waals surface area contributed by atoms with Gasteiger partial charge in [-0.15, -0.1) is 0 Å². The van der Waals surface area contributed by atoms with Gasteiger partial charge >= 0.3 is 6.09 Å². The van der Waals surface area contributed by atoms with Gasteiger partial charge in [-0.05, 0) is 44.5 Å². The number of amides is 1. The van der Waals surface area contributed by atoms with E-state index in [0.717, 1.165) is 0 Å². The standard InChI is InChI=1S/C26H28N6O4S/c1-26(2,3)36-25(33)32(22-16-28-31(4)17-22)24-27-15-14-23(29-24)20-10-12-21(13-11-20)30-37(34,35)18-19-8-6-5-7-9-19/h5-17,30H,18H2,1-4H3. The highest BCUT2D eigenvalue weighted by atomic mass is 32.2. The van der Waals surface area contributed by atoms with Crippen LogP contribution in [0.3, 0.4) is 0 Å². The van der Waals surface area contributed by atoms with E-state index >= 15 is 0 Å². The first-order chi connectivity index (χ1) is 17.5. The van der Waals surface area contributed by atoms with Crippen molar-refractivity contribution in [3.8, 4) is 11.3 Å². The molecule has 0 unspecified atom stereocenters. The number of ether oxygens (including phenoxy) is 1. The number of aryl methyl sites for hydroxylation is 1. The maximum Gasteiger partial charge on any atom is 0.422 e. The third-order valence-electron chi connectivity index (χ3n) is 5.02. The number of hydrogen-bond donors (Lipinski definition) is 1. The van der Waals surface area contributed by atoms with Gasteiger partial charge in [0, 0.05) is 30.7 Å². The summed E-state index contributed by atoms with van der Waals surface area (Å²) in [6.45, 7) is 5.33. The van der Waals surface area contributed by atoms with Crippen molar-refractivity contribution >= 4 is 33.4 Å². The fourth-order valence-corrected chi connectivity index (χ4v) is 4.67. The van der Waals surface area contributed by atoms with Crippen molar-refractivity contribution in [2.75, 3.05) is 9.62 Å². The number of carbonyl (C=O) groups is 1. The quantitative estimate of drug-likeness (QED) is 0.368. The molecule has 0 saturated heterocycles. The lowest BCUT2D eigenvalue weighted by atomic mass is 10.1. The van der Waals surface area contributed by atoms with Crippen LogP contribution in [0.2, 0.25) is 0 Å². The highest BCUT2D eigenvalue weighted by Crippen LogP contribution is 2.27. The Morgan fingerprint density at radius 1 is 1.05 bits per heavy atom. The minimum absolute atomic E-state index is 0.118. The maximum absolute atomic E-state index is 13.0. The van der Waals surface area contributed by atoms with Crippen LogP contribution in [0.15, 0.2) is 79.3 Å². The molecule has 4 aromatic rings. The summed E-state index contributed by atoms with van der Waals surface area (Å²) < 4.78 is 34.8. The molecular formula is C26H28N6O4S. The molecule has 1 N–H and O–H groups in total. The largest absolute Gasteiger partial charge is 0.443 e. The van der Waals surface area contributed by atoms with E-state index in [2.05, 4.69) is 19.8 Å². The number of nitrogens with zero attached hydrogens (tertiary/aromatic N) is 5. The molecule has 4 rings (SSSR count). The lowest BCUT2D eigenvalue weighted by molar-refractivity contribution is 0.0597. The lowest BCUT2D eigenvalue weighted by Crippen LogP contribution is -2.34. The summed E-state index contributed by atoms with van der Waals surface area (Å²) in [5.74, 6) is -0.00734. The Balaban J connectivity index is 1.57. The summed E-state index contributed by atoms with van der Waals surface area (Å²) in [7, 11) is -1.84. The molecule has 2 heterocycles. The molecule has 1 amide bonds. The monoisotopic (exact) mass is 520 g/mol. The zero-order chi connectivity index (χ0) is 26.6. The predicted octanol–water partition coefficient (Wildman–Crippen LogP) is 4.89. The van der Waals surface area contributed by atoms with Gasteiger partial charge in [-0.25, -0.2) is 28.1 Å². The third kappa shape index (κ3) is 6.91. The van der Waals surface area contributed by atoms with E-state index in [1.165, 1.54) is 11.1 Å². The van der Waals surface area contributed by atoms with Crippen LogP contribution in [0.25, 0.3) is 11.3 Å². The Hall–Kier alpha value is -4.25. The van der Waals surface area contributed by atoms with Crippen molar-refractivity contribution in [3.05, 3.63) is 84.8 Å².